The number of hydrogen-bond acceptors (Lipinski definition) is 4. The van der Waals surface area contributed by atoms with Gasteiger partial charge < -0.3 is 10.5 Å². The SMILES string of the molecule is CCOc1ccc(C2=CN=C3C=Nc4ccccc4[N+]23CCN)cc1. The highest BCUT2D eigenvalue weighted by Gasteiger charge is 2.47. The number of nitrogens with zero attached hydrogens (tertiary/aromatic N) is 3. The van der Waals surface area contributed by atoms with E-state index < -0.39 is 0 Å². The smallest absolute Gasteiger partial charge is 0.256 e. The Morgan fingerprint density at radius 3 is 2.64 bits per heavy atom. The van der Waals surface area contributed by atoms with Gasteiger partial charge in [-0.1, -0.05) is 12.1 Å². The molecule has 1 atom stereocenters. The maximum Gasteiger partial charge on any atom is 0.256 e. The molecule has 0 radical (unpaired) electrons. The molecule has 5 heteroatoms. The lowest BCUT2D eigenvalue weighted by Gasteiger charge is -2.37. The Labute approximate surface area is 147 Å². The summed E-state index contributed by atoms with van der Waals surface area (Å²) >= 11 is 0. The Kier molecular flexibility index (Phi) is 3.95. The molecule has 0 bridgehead atoms. The lowest BCUT2D eigenvalue weighted by molar-refractivity contribution is 0.340. The lowest BCUT2D eigenvalue weighted by atomic mass is 10.0. The molecule has 0 saturated heterocycles. The van der Waals surface area contributed by atoms with Crippen molar-refractivity contribution in [1.29, 1.82) is 0 Å². The summed E-state index contributed by atoms with van der Waals surface area (Å²) < 4.78 is 6.08. The molecule has 0 saturated carbocycles. The van der Waals surface area contributed by atoms with Crippen molar-refractivity contribution >= 4 is 29.1 Å². The fourth-order valence-corrected chi connectivity index (χ4v) is 3.59. The monoisotopic (exact) mass is 333 g/mol. The van der Waals surface area contributed by atoms with Gasteiger partial charge in [0.05, 0.1) is 12.8 Å². The van der Waals surface area contributed by atoms with Crippen LogP contribution in [0.1, 0.15) is 12.5 Å². The minimum Gasteiger partial charge on any atom is -0.494 e. The third-order valence-corrected chi connectivity index (χ3v) is 4.66. The summed E-state index contributed by atoms with van der Waals surface area (Å²) in [5.74, 6) is 1.78. The van der Waals surface area contributed by atoms with Crippen LogP contribution in [-0.4, -0.2) is 31.7 Å². The van der Waals surface area contributed by atoms with E-state index in [4.69, 9.17) is 10.5 Å². The molecule has 4 rings (SSSR count). The summed E-state index contributed by atoms with van der Waals surface area (Å²) in [6.45, 7) is 3.93. The average molecular weight is 333 g/mol. The van der Waals surface area contributed by atoms with Crippen LogP contribution in [0.3, 0.4) is 0 Å². The number of benzene rings is 2. The first-order valence-electron chi connectivity index (χ1n) is 8.53. The molecule has 2 aliphatic rings. The van der Waals surface area contributed by atoms with Crippen molar-refractivity contribution in [2.45, 2.75) is 6.92 Å². The molecule has 0 fully saturated rings. The van der Waals surface area contributed by atoms with Crippen molar-refractivity contribution in [3.05, 3.63) is 60.3 Å². The van der Waals surface area contributed by atoms with E-state index in [1.165, 1.54) is 0 Å². The predicted octanol–water partition coefficient (Wildman–Crippen LogP) is 3.48. The molecule has 2 aromatic carbocycles. The number of quaternary nitrogens is 1. The van der Waals surface area contributed by atoms with Gasteiger partial charge in [-0.15, -0.1) is 0 Å². The summed E-state index contributed by atoms with van der Waals surface area (Å²) in [6.07, 6.45) is 3.80. The van der Waals surface area contributed by atoms with E-state index in [1.807, 2.05) is 49.7 Å². The van der Waals surface area contributed by atoms with E-state index in [0.717, 1.165) is 40.8 Å². The summed E-state index contributed by atoms with van der Waals surface area (Å²) in [5.41, 5.74) is 10.3. The predicted molar refractivity (Wildman–Crippen MR) is 103 cm³/mol. The molecule has 25 heavy (non-hydrogen) atoms. The van der Waals surface area contributed by atoms with E-state index in [2.05, 4.69) is 28.2 Å². The van der Waals surface area contributed by atoms with Gasteiger partial charge in [-0.2, -0.15) is 4.99 Å². The zero-order chi connectivity index (χ0) is 17.3. The van der Waals surface area contributed by atoms with Gasteiger partial charge in [0.1, 0.15) is 24.2 Å². The van der Waals surface area contributed by atoms with Crippen LogP contribution in [0, 0.1) is 0 Å². The van der Waals surface area contributed by atoms with Crippen molar-refractivity contribution in [1.82, 2.24) is 4.48 Å². The van der Waals surface area contributed by atoms with Gasteiger partial charge in [0, 0.05) is 18.2 Å². The maximum atomic E-state index is 6.01. The molecular weight excluding hydrogens is 312 g/mol. The Balaban J connectivity index is 1.83. The van der Waals surface area contributed by atoms with Gasteiger partial charge in [0.15, 0.2) is 11.4 Å². The lowest BCUT2D eigenvalue weighted by Crippen LogP contribution is -2.54. The molecule has 0 spiro atoms. The first-order chi connectivity index (χ1) is 12.3. The van der Waals surface area contributed by atoms with Crippen LogP contribution >= 0.6 is 0 Å². The summed E-state index contributed by atoms with van der Waals surface area (Å²) in [7, 11) is 0. The third kappa shape index (κ3) is 2.40. The van der Waals surface area contributed by atoms with E-state index in [0.29, 0.717) is 17.6 Å². The summed E-state index contributed by atoms with van der Waals surface area (Å²) in [5, 5.41) is 0. The van der Waals surface area contributed by atoms with Crippen LogP contribution in [0.15, 0.2) is 64.7 Å². The Bertz CT molecular complexity index is 883. The van der Waals surface area contributed by atoms with Gasteiger partial charge in [0.2, 0.25) is 0 Å². The van der Waals surface area contributed by atoms with Gasteiger partial charge >= 0.3 is 0 Å². The third-order valence-electron chi connectivity index (χ3n) is 4.66. The van der Waals surface area contributed by atoms with Crippen molar-refractivity contribution in [2.75, 3.05) is 19.7 Å². The second-order valence-corrected chi connectivity index (χ2v) is 6.03. The van der Waals surface area contributed by atoms with E-state index in [1.54, 1.807) is 0 Å². The highest BCUT2D eigenvalue weighted by atomic mass is 16.5. The maximum absolute atomic E-state index is 6.01. The molecule has 0 amide bonds. The van der Waals surface area contributed by atoms with Crippen LogP contribution in [0.4, 0.5) is 11.4 Å². The van der Waals surface area contributed by atoms with Crippen LogP contribution in [0.25, 0.3) is 5.70 Å². The van der Waals surface area contributed by atoms with Gasteiger partial charge in [-0.25, -0.2) is 9.48 Å². The first-order valence-corrected chi connectivity index (χ1v) is 8.53. The largest absolute Gasteiger partial charge is 0.494 e. The number of hydrogen-bond donors (Lipinski definition) is 1. The van der Waals surface area contributed by atoms with Crippen molar-refractivity contribution in [3.8, 4) is 5.75 Å². The van der Waals surface area contributed by atoms with Crippen LogP contribution in [0.5, 0.6) is 5.75 Å². The fourth-order valence-electron chi connectivity index (χ4n) is 3.59. The molecule has 0 aliphatic carbocycles. The topological polar surface area (TPSA) is 60.0 Å². The number of rotatable bonds is 5. The van der Waals surface area contributed by atoms with Gasteiger partial charge in [0.25, 0.3) is 5.84 Å². The number of ether oxygens (including phenoxy) is 1. The Morgan fingerprint density at radius 1 is 1.08 bits per heavy atom. The second-order valence-electron chi connectivity index (χ2n) is 6.03. The molecule has 2 aromatic rings. The fraction of sp³-hybridized carbons (Fsp3) is 0.200. The summed E-state index contributed by atoms with van der Waals surface area (Å²) in [4.78, 5) is 9.22. The number of para-hydroxylation sites is 2. The van der Waals surface area contributed by atoms with E-state index in [-0.39, 0.29) is 0 Å². The van der Waals surface area contributed by atoms with Crippen LogP contribution < -0.4 is 15.0 Å². The highest BCUT2D eigenvalue weighted by molar-refractivity contribution is 6.39. The summed E-state index contributed by atoms with van der Waals surface area (Å²) in [6, 6.07) is 16.4. The number of nitrogens with two attached hydrogens (primary N) is 1. The molecule has 2 N–H and O–H groups in total. The van der Waals surface area contributed by atoms with Crippen molar-refractivity contribution < 1.29 is 4.74 Å². The molecule has 0 aromatic heterocycles. The molecule has 5 nitrogen and oxygen atoms in total. The van der Waals surface area contributed by atoms with Gasteiger partial charge in [-0.3, -0.25) is 0 Å². The number of aliphatic imine (C=N–C) groups is 2. The minimum atomic E-state index is 0.518. The Hall–Kier alpha value is -2.76. The molecule has 1 unspecified atom stereocenters. The first kappa shape index (κ1) is 15.7. The quantitative estimate of drug-likeness (QED) is 0.852. The second kappa shape index (κ2) is 6.27. The van der Waals surface area contributed by atoms with Crippen LogP contribution in [-0.2, 0) is 0 Å². The zero-order valence-electron chi connectivity index (χ0n) is 14.2. The van der Waals surface area contributed by atoms with Crippen molar-refractivity contribution in [2.24, 2.45) is 15.7 Å². The molecule has 2 aliphatic heterocycles. The van der Waals surface area contributed by atoms with E-state index >= 15 is 0 Å². The number of fused-ring (bicyclic) bond motifs is 3. The average Bonchev–Trinajstić information content (AvgIpc) is 3.02. The molecule has 126 valence electrons. The van der Waals surface area contributed by atoms with Gasteiger partial charge in [-0.05, 0) is 37.3 Å². The highest BCUT2D eigenvalue weighted by Crippen LogP contribution is 2.45. The number of amidine groups is 1. The zero-order valence-corrected chi connectivity index (χ0v) is 14.2. The van der Waals surface area contributed by atoms with Crippen molar-refractivity contribution in [3.63, 3.8) is 0 Å². The van der Waals surface area contributed by atoms with Crippen LogP contribution in [0.2, 0.25) is 0 Å². The minimum absolute atomic E-state index is 0.518. The Morgan fingerprint density at radius 2 is 1.88 bits per heavy atom. The normalized spacial score (nSPS) is 20.6. The standard InChI is InChI=1S/C20H21N4O/c1-2-25-16-9-7-15(8-10-16)19-13-23-20-14-22-17-5-3-4-6-18(17)24(19,20)12-11-21/h3-10,13-14H,2,11-12,21H2,1H3/q+1. The molecule has 2 heterocycles. The van der Waals surface area contributed by atoms with E-state index in [9.17, 15) is 0 Å². The molecular formula is C20H21N4O+.